The number of aromatic amines is 1. The summed E-state index contributed by atoms with van der Waals surface area (Å²) in [6.07, 6.45) is 2.19. The second kappa shape index (κ2) is 4.18. The van der Waals surface area contributed by atoms with E-state index in [4.69, 9.17) is 0 Å². The Kier molecular flexibility index (Phi) is 2.64. The number of hydrogen-bond acceptors (Lipinski definition) is 6. The van der Waals surface area contributed by atoms with E-state index < -0.39 is 12.2 Å². The molecule has 0 aliphatic heterocycles. The van der Waals surface area contributed by atoms with Crippen molar-refractivity contribution in [2.24, 2.45) is 5.92 Å². The van der Waals surface area contributed by atoms with Gasteiger partial charge in [-0.1, -0.05) is 6.92 Å². The fourth-order valence-electron chi connectivity index (χ4n) is 2.45. The third kappa shape index (κ3) is 1.72. The van der Waals surface area contributed by atoms with Gasteiger partial charge in [-0.05, 0) is 12.3 Å². The predicted octanol–water partition coefficient (Wildman–Crippen LogP) is -0.105. The number of nitrogens with one attached hydrogen (secondary N) is 2. The molecule has 4 N–H and O–H groups in total. The molecule has 2 aromatic heterocycles. The average molecular weight is 249 g/mol. The highest BCUT2D eigenvalue weighted by molar-refractivity contribution is 5.82. The highest BCUT2D eigenvalue weighted by atomic mass is 16.3. The summed E-state index contributed by atoms with van der Waals surface area (Å²) in [6.45, 7) is 1.92. The standard InChI is InChI=1S/C11H15N5O2/c1-5-2-6(9(18)8(5)17)16-11-7-10(13-3-12-7)14-4-15-11/h3-6,8-9,17-18H,2H2,1H3,(H2,12,13,14,15,16)/t5-,6-,8-,9+/m1/s1. The summed E-state index contributed by atoms with van der Waals surface area (Å²) in [6, 6.07) is -0.212. The van der Waals surface area contributed by atoms with Gasteiger partial charge in [0.2, 0.25) is 0 Å². The highest BCUT2D eigenvalue weighted by Gasteiger charge is 2.39. The Balaban J connectivity index is 1.87. The molecule has 1 fully saturated rings. The van der Waals surface area contributed by atoms with E-state index in [1.54, 1.807) is 6.33 Å². The van der Waals surface area contributed by atoms with Crippen LogP contribution in [0.4, 0.5) is 5.82 Å². The largest absolute Gasteiger partial charge is 0.390 e. The number of rotatable bonds is 2. The molecule has 0 aromatic carbocycles. The van der Waals surface area contributed by atoms with Crippen LogP contribution in [-0.2, 0) is 0 Å². The molecule has 1 saturated carbocycles. The van der Waals surface area contributed by atoms with Crippen LogP contribution in [0.15, 0.2) is 12.7 Å². The molecule has 7 heteroatoms. The molecule has 0 amide bonds. The lowest BCUT2D eigenvalue weighted by atomic mass is 10.1. The fourth-order valence-corrected chi connectivity index (χ4v) is 2.45. The van der Waals surface area contributed by atoms with Crippen molar-refractivity contribution in [1.29, 1.82) is 0 Å². The van der Waals surface area contributed by atoms with Crippen LogP contribution in [-0.4, -0.2) is 48.4 Å². The van der Waals surface area contributed by atoms with E-state index in [9.17, 15) is 10.2 Å². The van der Waals surface area contributed by atoms with Crippen molar-refractivity contribution >= 4 is 17.0 Å². The van der Waals surface area contributed by atoms with E-state index in [0.29, 0.717) is 23.4 Å². The van der Waals surface area contributed by atoms with Gasteiger partial charge in [0.15, 0.2) is 11.5 Å². The lowest BCUT2D eigenvalue weighted by Crippen LogP contribution is -2.35. The predicted molar refractivity (Wildman–Crippen MR) is 64.9 cm³/mol. The summed E-state index contributed by atoms with van der Waals surface area (Å²) < 4.78 is 0. The van der Waals surface area contributed by atoms with Crippen molar-refractivity contribution in [1.82, 2.24) is 19.9 Å². The maximum atomic E-state index is 9.93. The number of H-pyrrole nitrogens is 1. The van der Waals surface area contributed by atoms with E-state index in [0.717, 1.165) is 0 Å². The monoisotopic (exact) mass is 249 g/mol. The SMILES string of the molecule is C[C@@H]1C[C@@H](Nc2ncnc3nc[nH]c23)[C@H](O)[C@@H]1O. The zero-order chi connectivity index (χ0) is 12.7. The van der Waals surface area contributed by atoms with E-state index in [-0.39, 0.29) is 12.0 Å². The molecule has 1 aliphatic rings. The Bertz CT molecular complexity index is 557. The zero-order valence-corrected chi connectivity index (χ0v) is 9.91. The first-order valence-electron chi connectivity index (χ1n) is 5.93. The van der Waals surface area contributed by atoms with Crippen molar-refractivity contribution in [2.75, 3.05) is 5.32 Å². The van der Waals surface area contributed by atoms with Crippen molar-refractivity contribution in [3.8, 4) is 0 Å². The van der Waals surface area contributed by atoms with E-state index in [2.05, 4.69) is 25.3 Å². The third-order valence-corrected chi connectivity index (χ3v) is 3.52. The third-order valence-electron chi connectivity index (χ3n) is 3.52. The molecule has 2 aromatic rings. The Morgan fingerprint density at radius 1 is 1.28 bits per heavy atom. The van der Waals surface area contributed by atoms with Crippen LogP contribution < -0.4 is 5.32 Å². The molecule has 2 heterocycles. The number of fused-ring (bicyclic) bond motifs is 1. The Morgan fingerprint density at radius 3 is 2.83 bits per heavy atom. The van der Waals surface area contributed by atoms with Crippen LogP contribution >= 0.6 is 0 Å². The zero-order valence-electron chi connectivity index (χ0n) is 9.91. The summed E-state index contributed by atoms with van der Waals surface area (Å²) in [5.41, 5.74) is 1.28. The summed E-state index contributed by atoms with van der Waals surface area (Å²) in [5, 5.41) is 22.8. The average Bonchev–Trinajstić information content (AvgIpc) is 2.92. The van der Waals surface area contributed by atoms with Crippen LogP contribution in [0.1, 0.15) is 13.3 Å². The molecule has 3 rings (SSSR count). The molecule has 7 nitrogen and oxygen atoms in total. The number of nitrogens with zero attached hydrogens (tertiary/aromatic N) is 3. The molecular formula is C11H15N5O2. The van der Waals surface area contributed by atoms with Gasteiger partial charge in [-0.3, -0.25) is 0 Å². The Labute approximate surface area is 103 Å². The normalized spacial score (nSPS) is 31.9. The minimum absolute atomic E-state index is 0.0663. The summed E-state index contributed by atoms with van der Waals surface area (Å²) in [4.78, 5) is 15.2. The quantitative estimate of drug-likeness (QED) is 0.592. The molecule has 0 bridgehead atoms. The van der Waals surface area contributed by atoms with Gasteiger partial charge < -0.3 is 20.5 Å². The van der Waals surface area contributed by atoms with Gasteiger partial charge in [0.25, 0.3) is 0 Å². The molecule has 0 spiro atoms. The number of aliphatic hydroxyl groups excluding tert-OH is 2. The Morgan fingerprint density at radius 2 is 2.11 bits per heavy atom. The first-order chi connectivity index (χ1) is 8.66. The minimum atomic E-state index is -0.784. The van der Waals surface area contributed by atoms with Crippen molar-refractivity contribution in [3.05, 3.63) is 12.7 Å². The summed E-state index contributed by atoms with van der Waals surface area (Å²) >= 11 is 0. The van der Waals surface area contributed by atoms with Gasteiger partial charge in [0, 0.05) is 0 Å². The Hall–Kier alpha value is -1.73. The molecular weight excluding hydrogens is 234 g/mol. The van der Waals surface area contributed by atoms with Crippen LogP contribution in [0.2, 0.25) is 0 Å². The van der Waals surface area contributed by atoms with Gasteiger partial charge in [-0.15, -0.1) is 0 Å². The van der Waals surface area contributed by atoms with E-state index in [1.807, 2.05) is 6.92 Å². The fraction of sp³-hybridized carbons (Fsp3) is 0.545. The first kappa shape index (κ1) is 11.4. The van der Waals surface area contributed by atoms with Crippen molar-refractivity contribution in [2.45, 2.75) is 31.6 Å². The maximum Gasteiger partial charge on any atom is 0.182 e. The van der Waals surface area contributed by atoms with Crippen molar-refractivity contribution < 1.29 is 10.2 Å². The van der Waals surface area contributed by atoms with Gasteiger partial charge >= 0.3 is 0 Å². The second-order valence-electron chi connectivity index (χ2n) is 4.77. The van der Waals surface area contributed by atoms with Crippen LogP contribution in [0.3, 0.4) is 0 Å². The maximum absolute atomic E-state index is 9.93. The summed E-state index contributed by atoms with van der Waals surface area (Å²) in [5.74, 6) is 0.666. The van der Waals surface area contributed by atoms with E-state index >= 15 is 0 Å². The topological polar surface area (TPSA) is 107 Å². The first-order valence-corrected chi connectivity index (χ1v) is 5.93. The van der Waals surface area contributed by atoms with Crippen LogP contribution in [0.25, 0.3) is 11.2 Å². The summed E-state index contributed by atoms with van der Waals surface area (Å²) in [7, 11) is 0. The number of aliphatic hydroxyl groups is 2. The van der Waals surface area contributed by atoms with Gasteiger partial charge in [0.05, 0.1) is 18.5 Å². The molecule has 0 saturated heterocycles. The lowest BCUT2D eigenvalue weighted by Gasteiger charge is -2.18. The van der Waals surface area contributed by atoms with E-state index in [1.165, 1.54) is 6.33 Å². The van der Waals surface area contributed by atoms with Crippen molar-refractivity contribution in [3.63, 3.8) is 0 Å². The molecule has 96 valence electrons. The smallest absolute Gasteiger partial charge is 0.182 e. The molecule has 18 heavy (non-hydrogen) atoms. The van der Waals surface area contributed by atoms with Gasteiger partial charge in [0.1, 0.15) is 17.9 Å². The van der Waals surface area contributed by atoms with Crippen LogP contribution in [0, 0.1) is 5.92 Å². The number of anilines is 1. The molecule has 1 aliphatic carbocycles. The number of hydrogen-bond donors (Lipinski definition) is 4. The number of aromatic nitrogens is 4. The number of imidazole rings is 1. The van der Waals surface area contributed by atoms with Crippen LogP contribution in [0.5, 0.6) is 0 Å². The minimum Gasteiger partial charge on any atom is -0.390 e. The lowest BCUT2D eigenvalue weighted by molar-refractivity contribution is 0.0210. The molecule has 0 radical (unpaired) electrons. The second-order valence-corrected chi connectivity index (χ2v) is 4.77. The molecule has 0 unspecified atom stereocenters. The highest BCUT2D eigenvalue weighted by Crippen LogP contribution is 2.29. The van der Waals surface area contributed by atoms with Gasteiger partial charge in [-0.25, -0.2) is 15.0 Å². The van der Waals surface area contributed by atoms with Gasteiger partial charge in [-0.2, -0.15) is 0 Å². The molecule has 4 atom stereocenters.